The zero-order valence-corrected chi connectivity index (χ0v) is 13.0. The number of urea groups is 1. The Bertz CT molecular complexity index is 451. The number of carbonyl (C=O) groups is 2. The van der Waals surface area contributed by atoms with Crippen molar-refractivity contribution in [2.24, 2.45) is 0 Å². The summed E-state index contributed by atoms with van der Waals surface area (Å²) in [5.74, 6) is -0.341. The fourth-order valence-electron chi connectivity index (χ4n) is 1.49. The molecule has 0 aliphatic rings. The largest absolute Gasteiger partial charge is 0.480 e. The first kappa shape index (κ1) is 16.7. The SMILES string of the molecule is CSCCC(NC(=O)Nc1ccc(SC)cc1)C(=O)O. The third-order valence-electron chi connectivity index (χ3n) is 2.56. The highest BCUT2D eigenvalue weighted by molar-refractivity contribution is 7.98. The molecule has 0 spiro atoms. The molecule has 0 aliphatic heterocycles. The molecule has 1 atom stereocenters. The number of amides is 2. The predicted molar refractivity (Wildman–Crippen MR) is 84.8 cm³/mol. The lowest BCUT2D eigenvalue weighted by Crippen LogP contribution is -2.43. The van der Waals surface area contributed by atoms with Crippen LogP contribution in [0.5, 0.6) is 0 Å². The summed E-state index contributed by atoms with van der Waals surface area (Å²) in [6.45, 7) is 0. The van der Waals surface area contributed by atoms with E-state index in [0.717, 1.165) is 4.90 Å². The van der Waals surface area contributed by atoms with E-state index in [1.807, 2.05) is 24.6 Å². The molecular weight excluding hydrogens is 296 g/mol. The molecule has 1 unspecified atom stereocenters. The van der Waals surface area contributed by atoms with Gasteiger partial charge in [0, 0.05) is 10.6 Å². The van der Waals surface area contributed by atoms with Crippen molar-refractivity contribution in [3.05, 3.63) is 24.3 Å². The van der Waals surface area contributed by atoms with Crippen LogP contribution in [-0.2, 0) is 4.79 Å². The van der Waals surface area contributed by atoms with Gasteiger partial charge in [-0.2, -0.15) is 11.8 Å². The molecule has 20 heavy (non-hydrogen) atoms. The molecule has 0 bridgehead atoms. The zero-order valence-electron chi connectivity index (χ0n) is 11.4. The van der Waals surface area contributed by atoms with Gasteiger partial charge in [-0.15, -0.1) is 11.8 Å². The molecule has 110 valence electrons. The minimum absolute atomic E-state index is 0.398. The minimum atomic E-state index is -1.02. The quantitative estimate of drug-likeness (QED) is 0.675. The second-order valence-electron chi connectivity index (χ2n) is 4.00. The molecule has 0 saturated carbocycles. The van der Waals surface area contributed by atoms with Crippen LogP contribution in [0.15, 0.2) is 29.2 Å². The Hall–Kier alpha value is -1.34. The summed E-state index contributed by atoms with van der Waals surface area (Å²) in [7, 11) is 0. The molecule has 0 saturated heterocycles. The van der Waals surface area contributed by atoms with Crippen molar-refractivity contribution in [2.45, 2.75) is 17.4 Å². The summed E-state index contributed by atoms with van der Waals surface area (Å²) in [5, 5.41) is 14.1. The first-order valence-electron chi connectivity index (χ1n) is 6.00. The topological polar surface area (TPSA) is 78.4 Å². The van der Waals surface area contributed by atoms with Crippen LogP contribution in [0.25, 0.3) is 0 Å². The standard InChI is InChI=1S/C13H18N2O3S2/c1-19-8-7-11(12(16)17)15-13(18)14-9-3-5-10(20-2)6-4-9/h3-6,11H,7-8H2,1-2H3,(H,16,17)(H2,14,15,18). The van der Waals surface area contributed by atoms with Crippen molar-refractivity contribution in [3.63, 3.8) is 0 Å². The maximum Gasteiger partial charge on any atom is 0.326 e. The Labute approximate surface area is 126 Å². The number of thioether (sulfide) groups is 2. The highest BCUT2D eigenvalue weighted by atomic mass is 32.2. The highest BCUT2D eigenvalue weighted by Crippen LogP contribution is 2.17. The summed E-state index contributed by atoms with van der Waals surface area (Å²) < 4.78 is 0. The average molecular weight is 314 g/mol. The van der Waals surface area contributed by atoms with Crippen LogP contribution in [0.4, 0.5) is 10.5 Å². The number of benzene rings is 1. The van der Waals surface area contributed by atoms with E-state index in [1.165, 1.54) is 0 Å². The molecule has 5 nitrogen and oxygen atoms in total. The van der Waals surface area contributed by atoms with E-state index < -0.39 is 18.0 Å². The van der Waals surface area contributed by atoms with Crippen LogP contribution in [0, 0.1) is 0 Å². The van der Waals surface area contributed by atoms with Crippen LogP contribution in [0.1, 0.15) is 6.42 Å². The van der Waals surface area contributed by atoms with Crippen molar-refractivity contribution in [1.82, 2.24) is 5.32 Å². The van der Waals surface area contributed by atoms with Crippen molar-refractivity contribution in [3.8, 4) is 0 Å². The third-order valence-corrected chi connectivity index (χ3v) is 3.95. The maximum absolute atomic E-state index is 11.7. The van der Waals surface area contributed by atoms with Gasteiger partial charge in [-0.3, -0.25) is 0 Å². The van der Waals surface area contributed by atoms with Crippen molar-refractivity contribution in [2.75, 3.05) is 23.6 Å². The third kappa shape index (κ3) is 5.75. The van der Waals surface area contributed by atoms with Crippen LogP contribution >= 0.6 is 23.5 Å². The fraction of sp³-hybridized carbons (Fsp3) is 0.385. The van der Waals surface area contributed by atoms with E-state index in [0.29, 0.717) is 17.9 Å². The second kappa shape index (κ2) is 8.76. The molecule has 0 fully saturated rings. The van der Waals surface area contributed by atoms with Crippen LogP contribution in [0.3, 0.4) is 0 Å². The van der Waals surface area contributed by atoms with Gasteiger partial charge in [-0.05, 0) is 49.0 Å². The van der Waals surface area contributed by atoms with Gasteiger partial charge in [-0.25, -0.2) is 9.59 Å². The lowest BCUT2D eigenvalue weighted by molar-refractivity contribution is -0.139. The minimum Gasteiger partial charge on any atom is -0.480 e. The number of nitrogens with one attached hydrogen (secondary N) is 2. The van der Waals surface area contributed by atoms with Gasteiger partial charge >= 0.3 is 12.0 Å². The van der Waals surface area contributed by atoms with E-state index in [9.17, 15) is 9.59 Å². The van der Waals surface area contributed by atoms with Gasteiger partial charge in [0.25, 0.3) is 0 Å². The van der Waals surface area contributed by atoms with Gasteiger partial charge in [0.2, 0.25) is 0 Å². The highest BCUT2D eigenvalue weighted by Gasteiger charge is 2.19. The van der Waals surface area contributed by atoms with E-state index in [4.69, 9.17) is 5.11 Å². The summed E-state index contributed by atoms with van der Waals surface area (Å²) >= 11 is 3.16. The van der Waals surface area contributed by atoms with Crippen LogP contribution < -0.4 is 10.6 Å². The first-order valence-corrected chi connectivity index (χ1v) is 8.62. The lowest BCUT2D eigenvalue weighted by atomic mass is 10.2. The number of hydrogen-bond donors (Lipinski definition) is 3. The zero-order chi connectivity index (χ0) is 15.0. The number of anilines is 1. The first-order chi connectivity index (χ1) is 9.56. The van der Waals surface area contributed by atoms with Crippen LogP contribution in [0.2, 0.25) is 0 Å². The second-order valence-corrected chi connectivity index (χ2v) is 5.86. The van der Waals surface area contributed by atoms with Gasteiger partial charge in [0.15, 0.2) is 0 Å². The number of carboxylic acid groups (broad SMARTS) is 1. The Morgan fingerprint density at radius 2 is 1.90 bits per heavy atom. The van der Waals surface area contributed by atoms with Crippen molar-refractivity contribution >= 4 is 41.2 Å². The van der Waals surface area contributed by atoms with Crippen molar-refractivity contribution in [1.29, 1.82) is 0 Å². The van der Waals surface area contributed by atoms with E-state index in [2.05, 4.69) is 10.6 Å². The Morgan fingerprint density at radius 1 is 1.25 bits per heavy atom. The molecular formula is C13H18N2O3S2. The molecule has 1 aromatic rings. The summed E-state index contributed by atoms with van der Waals surface area (Å²) in [6, 6.07) is 5.97. The Morgan fingerprint density at radius 3 is 2.40 bits per heavy atom. The predicted octanol–water partition coefficient (Wildman–Crippen LogP) is 2.74. The van der Waals surface area contributed by atoms with Gasteiger partial charge in [-0.1, -0.05) is 0 Å². The molecule has 7 heteroatoms. The molecule has 0 heterocycles. The fourth-order valence-corrected chi connectivity index (χ4v) is 2.37. The molecule has 2 amide bonds. The molecule has 1 aromatic carbocycles. The molecule has 0 radical (unpaired) electrons. The summed E-state index contributed by atoms with van der Waals surface area (Å²) in [6.07, 6.45) is 4.26. The van der Waals surface area contributed by atoms with Gasteiger partial charge < -0.3 is 15.7 Å². The summed E-state index contributed by atoms with van der Waals surface area (Å²) in [4.78, 5) is 23.9. The Kier molecular flexibility index (Phi) is 7.32. The number of rotatable bonds is 7. The summed E-state index contributed by atoms with van der Waals surface area (Å²) in [5.41, 5.74) is 0.634. The van der Waals surface area contributed by atoms with Gasteiger partial charge in [0.1, 0.15) is 6.04 Å². The maximum atomic E-state index is 11.7. The normalized spacial score (nSPS) is 11.7. The molecule has 3 N–H and O–H groups in total. The number of carbonyl (C=O) groups excluding carboxylic acids is 1. The number of hydrogen-bond acceptors (Lipinski definition) is 4. The van der Waals surface area contributed by atoms with Crippen LogP contribution in [-0.4, -0.2) is 41.4 Å². The number of carboxylic acids is 1. The smallest absolute Gasteiger partial charge is 0.326 e. The van der Waals surface area contributed by atoms with E-state index in [1.54, 1.807) is 35.7 Å². The van der Waals surface area contributed by atoms with Crippen molar-refractivity contribution < 1.29 is 14.7 Å². The average Bonchev–Trinajstić information content (AvgIpc) is 2.44. The molecule has 1 rings (SSSR count). The molecule has 0 aliphatic carbocycles. The lowest BCUT2D eigenvalue weighted by Gasteiger charge is -2.14. The van der Waals surface area contributed by atoms with E-state index in [-0.39, 0.29) is 0 Å². The number of aliphatic carboxylic acids is 1. The van der Waals surface area contributed by atoms with E-state index >= 15 is 0 Å². The van der Waals surface area contributed by atoms with Gasteiger partial charge in [0.05, 0.1) is 0 Å². The monoisotopic (exact) mass is 314 g/mol. The Balaban J connectivity index is 2.53. The molecule has 0 aromatic heterocycles.